The van der Waals surface area contributed by atoms with Gasteiger partial charge in [-0.05, 0) is 31.2 Å². The van der Waals surface area contributed by atoms with Gasteiger partial charge in [0.25, 0.3) is 0 Å². The van der Waals surface area contributed by atoms with Gasteiger partial charge >= 0.3 is 0 Å². The molecule has 0 aliphatic rings. The summed E-state index contributed by atoms with van der Waals surface area (Å²) in [4.78, 5) is 2.06. The van der Waals surface area contributed by atoms with Crippen LogP contribution in [-0.2, 0) is 6.54 Å². The van der Waals surface area contributed by atoms with Gasteiger partial charge in [0.15, 0.2) is 0 Å². The van der Waals surface area contributed by atoms with Crippen molar-refractivity contribution >= 4 is 17.4 Å². The van der Waals surface area contributed by atoms with Crippen LogP contribution < -0.4 is 5.73 Å². The molecule has 0 heterocycles. The summed E-state index contributed by atoms with van der Waals surface area (Å²) in [6.07, 6.45) is 0.840. The molecule has 3 nitrogen and oxygen atoms in total. The molecule has 0 aliphatic carbocycles. The van der Waals surface area contributed by atoms with Gasteiger partial charge in [0.2, 0.25) is 0 Å². The van der Waals surface area contributed by atoms with E-state index in [-0.39, 0.29) is 11.9 Å². The van der Waals surface area contributed by atoms with Crippen molar-refractivity contribution in [3.8, 4) is 0 Å². The maximum absolute atomic E-state index is 7.50. The van der Waals surface area contributed by atoms with Crippen LogP contribution in [0.15, 0.2) is 24.3 Å². The number of rotatable bonds is 5. The third-order valence-corrected chi connectivity index (χ3v) is 2.83. The second-order valence-electron chi connectivity index (χ2n) is 3.92. The van der Waals surface area contributed by atoms with Crippen LogP contribution in [0.4, 0.5) is 0 Å². The van der Waals surface area contributed by atoms with Crippen LogP contribution in [0.3, 0.4) is 0 Å². The van der Waals surface area contributed by atoms with Crippen molar-refractivity contribution < 1.29 is 0 Å². The van der Waals surface area contributed by atoms with Crippen LogP contribution in [0.5, 0.6) is 0 Å². The molecule has 1 atom stereocenters. The van der Waals surface area contributed by atoms with Crippen molar-refractivity contribution in [3.63, 3.8) is 0 Å². The highest BCUT2D eigenvalue weighted by atomic mass is 35.5. The Kier molecular flexibility index (Phi) is 4.77. The van der Waals surface area contributed by atoms with E-state index in [1.807, 2.05) is 38.2 Å². The van der Waals surface area contributed by atoms with E-state index in [0.717, 1.165) is 23.6 Å². The first-order chi connectivity index (χ1) is 7.54. The smallest absolute Gasteiger partial charge is 0.108 e. The fourth-order valence-corrected chi connectivity index (χ4v) is 2.02. The minimum Gasteiger partial charge on any atom is -0.386 e. The Hall–Kier alpha value is -1.06. The van der Waals surface area contributed by atoms with Gasteiger partial charge in [0.1, 0.15) is 5.84 Å². The highest BCUT2D eigenvalue weighted by molar-refractivity contribution is 6.30. The topological polar surface area (TPSA) is 53.1 Å². The molecular formula is C12H18ClN3. The second kappa shape index (κ2) is 5.87. The number of hydrogen-bond acceptors (Lipinski definition) is 2. The Morgan fingerprint density at radius 3 is 2.75 bits per heavy atom. The maximum Gasteiger partial charge on any atom is 0.108 e. The molecule has 1 unspecified atom stereocenters. The minimum atomic E-state index is -0.000943. The lowest BCUT2D eigenvalue weighted by Crippen LogP contribution is -2.41. The van der Waals surface area contributed by atoms with Crippen molar-refractivity contribution in [1.29, 1.82) is 5.41 Å². The van der Waals surface area contributed by atoms with E-state index in [4.69, 9.17) is 22.7 Å². The van der Waals surface area contributed by atoms with Crippen molar-refractivity contribution in [3.05, 3.63) is 34.9 Å². The molecule has 1 aromatic rings. The molecule has 4 heteroatoms. The fraction of sp³-hybridized carbons (Fsp3) is 0.417. The van der Waals surface area contributed by atoms with E-state index in [2.05, 4.69) is 4.90 Å². The highest BCUT2D eigenvalue weighted by Gasteiger charge is 2.15. The first-order valence-electron chi connectivity index (χ1n) is 5.33. The molecule has 3 N–H and O–H groups in total. The molecule has 0 spiro atoms. The minimum absolute atomic E-state index is 0.000943. The van der Waals surface area contributed by atoms with Gasteiger partial charge in [-0.1, -0.05) is 30.7 Å². The van der Waals surface area contributed by atoms with Gasteiger partial charge in [0.05, 0.1) is 6.04 Å². The third-order valence-electron chi connectivity index (χ3n) is 2.60. The molecule has 0 aromatic heterocycles. The Labute approximate surface area is 102 Å². The molecular weight excluding hydrogens is 222 g/mol. The quantitative estimate of drug-likeness (QED) is 0.613. The van der Waals surface area contributed by atoms with Crippen molar-refractivity contribution in [2.24, 2.45) is 5.73 Å². The number of benzene rings is 1. The zero-order valence-electron chi connectivity index (χ0n) is 9.70. The number of halogens is 1. The summed E-state index contributed by atoms with van der Waals surface area (Å²) in [6, 6.07) is 7.74. The molecule has 88 valence electrons. The molecule has 1 aromatic carbocycles. The third kappa shape index (κ3) is 3.51. The molecule has 0 radical (unpaired) electrons. The van der Waals surface area contributed by atoms with Gasteiger partial charge in [-0.25, -0.2) is 0 Å². The number of amidine groups is 1. The lowest BCUT2D eigenvalue weighted by atomic mass is 10.1. The summed E-state index contributed by atoms with van der Waals surface area (Å²) in [5.41, 5.74) is 6.68. The number of nitrogens with zero attached hydrogens (tertiary/aromatic N) is 1. The summed E-state index contributed by atoms with van der Waals surface area (Å²) in [5, 5.41) is 8.24. The summed E-state index contributed by atoms with van der Waals surface area (Å²) >= 11 is 5.92. The molecule has 0 fully saturated rings. The second-order valence-corrected chi connectivity index (χ2v) is 4.36. The zero-order valence-corrected chi connectivity index (χ0v) is 10.5. The molecule has 0 bridgehead atoms. The average Bonchev–Trinajstić information content (AvgIpc) is 2.17. The van der Waals surface area contributed by atoms with Gasteiger partial charge in [-0.3, -0.25) is 10.3 Å². The first kappa shape index (κ1) is 13.0. The number of nitrogens with two attached hydrogens (primary N) is 1. The van der Waals surface area contributed by atoms with Crippen LogP contribution in [0.2, 0.25) is 5.02 Å². The average molecular weight is 240 g/mol. The fourth-order valence-electron chi connectivity index (χ4n) is 1.80. The predicted molar refractivity (Wildman–Crippen MR) is 68.9 cm³/mol. The predicted octanol–water partition coefficient (Wildman–Crippen LogP) is 2.49. The highest BCUT2D eigenvalue weighted by Crippen LogP contribution is 2.13. The standard InChI is InChI=1S/C12H18ClN3/c1-3-11(12(14)15)16(2)8-9-5-4-6-10(13)7-9/h4-7,11H,3,8H2,1-2H3,(H3,14,15). The largest absolute Gasteiger partial charge is 0.386 e. The summed E-state index contributed by atoms with van der Waals surface area (Å²) in [6.45, 7) is 2.78. The number of nitrogens with one attached hydrogen (secondary N) is 1. The van der Waals surface area contributed by atoms with E-state index in [1.54, 1.807) is 0 Å². The van der Waals surface area contributed by atoms with Gasteiger partial charge < -0.3 is 5.73 Å². The SMILES string of the molecule is CCC(C(=N)N)N(C)Cc1cccc(Cl)c1. The zero-order chi connectivity index (χ0) is 12.1. The monoisotopic (exact) mass is 239 g/mol. The summed E-state index contributed by atoms with van der Waals surface area (Å²) in [5.74, 6) is 0.215. The first-order valence-corrected chi connectivity index (χ1v) is 5.71. The number of likely N-dealkylation sites (N-methyl/N-ethyl adjacent to an activating group) is 1. The Balaban J connectivity index is 2.69. The molecule has 16 heavy (non-hydrogen) atoms. The van der Waals surface area contributed by atoms with Gasteiger partial charge in [-0.15, -0.1) is 0 Å². The van der Waals surface area contributed by atoms with E-state index in [0.29, 0.717) is 0 Å². The van der Waals surface area contributed by atoms with E-state index < -0.39 is 0 Å². The van der Waals surface area contributed by atoms with Crippen LogP contribution in [0.1, 0.15) is 18.9 Å². The van der Waals surface area contributed by atoms with Crippen molar-refractivity contribution in [2.75, 3.05) is 7.05 Å². The Morgan fingerprint density at radius 1 is 1.56 bits per heavy atom. The van der Waals surface area contributed by atoms with E-state index in [1.165, 1.54) is 0 Å². The lowest BCUT2D eigenvalue weighted by Gasteiger charge is -2.26. The van der Waals surface area contributed by atoms with Crippen molar-refractivity contribution in [2.45, 2.75) is 25.9 Å². The van der Waals surface area contributed by atoms with Crippen LogP contribution in [-0.4, -0.2) is 23.8 Å². The Bertz CT molecular complexity index is 365. The molecule has 0 amide bonds. The van der Waals surface area contributed by atoms with Crippen LogP contribution in [0.25, 0.3) is 0 Å². The van der Waals surface area contributed by atoms with E-state index in [9.17, 15) is 0 Å². The van der Waals surface area contributed by atoms with Crippen molar-refractivity contribution in [1.82, 2.24) is 4.90 Å². The van der Waals surface area contributed by atoms with E-state index >= 15 is 0 Å². The summed E-state index contributed by atoms with van der Waals surface area (Å²) < 4.78 is 0. The normalized spacial score (nSPS) is 12.8. The van der Waals surface area contributed by atoms with Crippen LogP contribution in [0, 0.1) is 5.41 Å². The number of hydrogen-bond donors (Lipinski definition) is 2. The molecule has 0 aliphatic heterocycles. The molecule has 1 rings (SSSR count). The van der Waals surface area contributed by atoms with Crippen LogP contribution >= 0.6 is 11.6 Å². The Morgan fingerprint density at radius 2 is 2.25 bits per heavy atom. The molecule has 0 saturated carbocycles. The van der Waals surface area contributed by atoms with Gasteiger partial charge in [0, 0.05) is 11.6 Å². The van der Waals surface area contributed by atoms with Gasteiger partial charge in [-0.2, -0.15) is 0 Å². The summed E-state index contributed by atoms with van der Waals surface area (Å²) in [7, 11) is 1.97. The maximum atomic E-state index is 7.50. The lowest BCUT2D eigenvalue weighted by molar-refractivity contribution is 0.281. The molecule has 0 saturated heterocycles.